The molecule has 0 unspecified atom stereocenters. The number of carbonyl (C=O) groups excluding carboxylic acids is 1. The fourth-order valence-electron chi connectivity index (χ4n) is 8.12. The van der Waals surface area contributed by atoms with E-state index in [2.05, 4.69) is 35.3 Å². The number of hydrogen-bond acceptors (Lipinski definition) is 5. The Balaban J connectivity index is 1.37. The van der Waals surface area contributed by atoms with Crippen molar-refractivity contribution in [1.29, 1.82) is 0 Å². The second kappa shape index (κ2) is 7.23. The number of nitrogens with zero attached hydrogens (tertiary/aromatic N) is 4. The molecule has 0 aliphatic heterocycles. The van der Waals surface area contributed by atoms with Crippen LogP contribution in [-0.4, -0.2) is 36.7 Å². The van der Waals surface area contributed by atoms with E-state index in [1.165, 1.54) is 11.2 Å². The zero-order valence-corrected chi connectivity index (χ0v) is 19.6. The maximum absolute atomic E-state index is 13.3. The molecule has 0 amide bonds. The number of aryl methyl sites for hydroxylation is 1. The van der Waals surface area contributed by atoms with Gasteiger partial charge in [0, 0.05) is 5.92 Å². The van der Waals surface area contributed by atoms with E-state index in [0.717, 1.165) is 51.4 Å². The first-order chi connectivity index (χ1) is 14.6. The SMILES string of the molecule is Cc1nnn(CC(=O)[C@H]2CC[C@H]3[C@@H]4CC=C5CC[C@](C)(O)CC[C@]5(C)[C@H]4CC[C@]23C)n1. The minimum Gasteiger partial charge on any atom is -0.390 e. The lowest BCUT2D eigenvalue weighted by Crippen LogP contribution is -2.49. The van der Waals surface area contributed by atoms with E-state index < -0.39 is 5.60 Å². The lowest BCUT2D eigenvalue weighted by Gasteiger charge is -2.56. The molecule has 3 saturated carbocycles. The molecule has 1 N–H and O–H groups in total. The number of carbonyl (C=O) groups is 1. The number of Topliss-reactive ketones (excluding diaryl/α,β-unsaturated/α-hetero) is 1. The van der Waals surface area contributed by atoms with Crippen LogP contribution < -0.4 is 0 Å². The highest BCUT2D eigenvalue weighted by molar-refractivity contribution is 5.82. The van der Waals surface area contributed by atoms with Gasteiger partial charge in [0.15, 0.2) is 11.6 Å². The molecule has 31 heavy (non-hydrogen) atoms. The predicted molar refractivity (Wildman–Crippen MR) is 118 cm³/mol. The quantitative estimate of drug-likeness (QED) is 0.730. The standard InChI is InChI=1S/C25H38N4O2/c1-16-26-28-29(27-16)15-22(30)21-8-7-19-18-6-5-17-9-11-23(2,31)13-14-24(17,3)20(18)10-12-25(19,21)4/h5,18-21,31H,6-15H2,1-4H3/t18-,19-,20-,21+,23-,24-,25-/m0/s1. The highest BCUT2D eigenvalue weighted by Gasteiger charge is 2.59. The molecule has 0 saturated heterocycles. The summed E-state index contributed by atoms with van der Waals surface area (Å²) in [5.41, 5.74) is 1.38. The van der Waals surface area contributed by atoms with Gasteiger partial charge in [0.25, 0.3) is 0 Å². The lowest BCUT2D eigenvalue weighted by atomic mass is 9.48. The smallest absolute Gasteiger partial charge is 0.171 e. The molecule has 0 bridgehead atoms. The summed E-state index contributed by atoms with van der Waals surface area (Å²) in [6.45, 7) is 8.94. The minimum atomic E-state index is -0.529. The van der Waals surface area contributed by atoms with Crippen LogP contribution in [0.4, 0.5) is 0 Å². The van der Waals surface area contributed by atoms with Crippen LogP contribution in [0.1, 0.15) is 84.4 Å². The normalized spacial score (nSPS) is 44.6. The highest BCUT2D eigenvalue weighted by atomic mass is 16.3. The van der Waals surface area contributed by atoms with Gasteiger partial charge >= 0.3 is 0 Å². The van der Waals surface area contributed by atoms with Gasteiger partial charge in [0.2, 0.25) is 0 Å². The van der Waals surface area contributed by atoms with Crippen LogP contribution >= 0.6 is 0 Å². The van der Waals surface area contributed by atoms with Gasteiger partial charge in [-0.1, -0.05) is 25.5 Å². The summed E-state index contributed by atoms with van der Waals surface area (Å²) in [4.78, 5) is 14.8. The predicted octanol–water partition coefficient (Wildman–Crippen LogP) is 4.27. The van der Waals surface area contributed by atoms with Crippen molar-refractivity contribution in [2.24, 2.45) is 34.5 Å². The molecule has 1 heterocycles. The number of aliphatic hydroxyl groups is 1. The molecule has 6 heteroatoms. The Morgan fingerprint density at radius 2 is 1.94 bits per heavy atom. The third kappa shape index (κ3) is 3.40. The summed E-state index contributed by atoms with van der Waals surface area (Å²) in [5.74, 6) is 2.98. The van der Waals surface area contributed by atoms with Gasteiger partial charge in [-0.3, -0.25) is 4.79 Å². The first-order valence-corrected chi connectivity index (χ1v) is 12.3. The number of hydrogen-bond donors (Lipinski definition) is 1. The average molecular weight is 427 g/mol. The van der Waals surface area contributed by atoms with Crippen molar-refractivity contribution >= 4 is 5.78 Å². The number of rotatable bonds is 3. The van der Waals surface area contributed by atoms with Gasteiger partial charge in [-0.05, 0) is 105 Å². The maximum Gasteiger partial charge on any atom is 0.171 e. The van der Waals surface area contributed by atoms with Crippen LogP contribution in [0, 0.1) is 41.4 Å². The van der Waals surface area contributed by atoms with E-state index in [0.29, 0.717) is 23.6 Å². The zero-order valence-electron chi connectivity index (χ0n) is 19.6. The van der Waals surface area contributed by atoms with Crippen molar-refractivity contribution in [3.63, 3.8) is 0 Å². The second-order valence-electron chi connectivity index (χ2n) is 11.8. The van der Waals surface area contributed by atoms with E-state index in [4.69, 9.17) is 0 Å². The molecule has 4 aliphatic rings. The lowest BCUT2D eigenvalue weighted by molar-refractivity contribution is -0.130. The molecule has 170 valence electrons. The number of fused-ring (bicyclic) bond motifs is 5. The largest absolute Gasteiger partial charge is 0.390 e. The van der Waals surface area contributed by atoms with E-state index >= 15 is 0 Å². The van der Waals surface area contributed by atoms with Crippen molar-refractivity contribution < 1.29 is 9.90 Å². The molecule has 0 spiro atoms. The Morgan fingerprint density at radius 1 is 1.13 bits per heavy atom. The summed E-state index contributed by atoms with van der Waals surface area (Å²) in [6, 6.07) is 0. The van der Waals surface area contributed by atoms with Crippen LogP contribution in [0.15, 0.2) is 11.6 Å². The first kappa shape index (κ1) is 21.3. The number of ketones is 1. The first-order valence-electron chi connectivity index (χ1n) is 12.3. The molecule has 4 aliphatic carbocycles. The summed E-state index contributed by atoms with van der Waals surface area (Å²) in [5, 5.41) is 22.9. The molecular weight excluding hydrogens is 388 g/mol. The molecule has 3 fully saturated rings. The monoisotopic (exact) mass is 426 g/mol. The molecule has 5 rings (SSSR count). The molecule has 6 nitrogen and oxygen atoms in total. The zero-order chi connectivity index (χ0) is 22.0. The van der Waals surface area contributed by atoms with Crippen LogP contribution in [0.2, 0.25) is 0 Å². The number of aromatic nitrogens is 4. The molecular formula is C25H38N4O2. The minimum absolute atomic E-state index is 0.0891. The van der Waals surface area contributed by atoms with E-state index in [9.17, 15) is 9.90 Å². The van der Waals surface area contributed by atoms with Gasteiger partial charge in [-0.15, -0.1) is 10.2 Å². The van der Waals surface area contributed by atoms with Crippen molar-refractivity contribution in [3.8, 4) is 0 Å². The Hall–Kier alpha value is -1.56. The third-order valence-corrected chi connectivity index (χ3v) is 9.98. The van der Waals surface area contributed by atoms with Gasteiger partial charge in [0.1, 0.15) is 6.54 Å². The summed E-state index contributed by atoms with van der Waals surface area (Å²) < 4.78 is 0. The van der Waals surface area contributed by atoms with Gasteiger partial charge < -0.3 is 5.11 Å². The molecule has 1 aromatic heterocycles. The van der Waals surface area contributed by atoms with Gasteiger partial charge in [-0.25, -0.2) is 0 Å². The van der Waals surface area contributed by atoms with E-state index in [1.807, 2.05) is 6.92 Å². The Morgan fingerprint density at radius 3 is 2.68 bits per heavy atom. The van der Waals surface area contributed by atoms with Crippen LogP contribution in [0.5, 0.6) is 0 Å². The molecule has 0 aromatic carbocycles. The fraction of sp³-hybridized carbons (Fsp3) is 0.840. The van der Waals surface area contributed by atoms with Gasteiger partial charge in [-0.2, -0.15) is 4.80 Å². The summed E-state index contributed by atoms with van der Waals surface area (Å²) in [6.07, 6.45) is 12.1. The van der Waals surface area contributed by atoms with Crippen molar-refractivity contribution in [3.05, 3.63) is 17.5 Å². The number of allylic oxidation sites excluding steroid dienone is 2. The summed E-state index contributed by atoms with van der Waals surface area (Å²) in [7, 11) is 0. The number of tetrazole rings is 1. The molecule has 1 aromatic rings. The Labute approximate surface area is 185 Å². The maximum atomic E-state index is 13.3. The van der Waals surface area contributed by atoms with Crippen LogP contribution in [-0.2, 0) is 11.3 Å². The van der Waals surface area contributed by atoms with E-state index in [1.54, 1.807) is 12.5 Å². The molecule has 0 radical (unpaired) electrons. The second-order valence-corrected chi connectivity index (χ2v) is 11.8. The van der Waals surface area contributed by atoms with Gasteiger partial charge in [0.05, 0.1) is 5.60 Å². The van der Waals surface area contributed by atoms with Crippen LogP contribution in [0.25, 0.3) is 0 Å². The average Bonchev–Trinajstić information content (AvgIpc) is 3.25. The Kier molecular flexibility index (Phi) is 4.96. The summed E-state index contributed by atoms with van der Waals surface area (Å²) >= 11 is 0. The topological polar surface area (TPSA) is 80.9 Å². The highest BCUT2D eigenvalue weighted by Crippen LogP contribution is 2.66. The molecule has 7 atom stereocenters. The van der Waals surface area contributed by atoms with Crippen molar-refractivity contribution in [2.45, 2.75) is 97.6 Å². The van der Waals surface area contributed by atoms with E-state index in [-0.39, 0.29) is 29.1 Å². The van der Waals surface area contributed by atoms with Crippen LogP contribution in [0.3, 0.4) is 0 Å². The van der Waals surface area contributed by atoms with Crippen molar-refractivity contribution in [2.75, 3.05) is 0 Å². The third-order valence-electron chi connectivity index (χ3n) is 9.98. The fourth-order valence-corrected chi connectivity index (χ4v) is 8.12. The Bertz CT molecular complexity index is 905. The van der Waals surface area contributed by atoms with Crippen molar-refractivity contribution in [1.82, 2.24) is 20.2 Å².